The smallest absolute Gasteiger partial charge is 0.229 e. The van der Waals surface area contributed by atoms with Gasteiger partial charge in [0.25, 0.3) is 0 Å². The molecule has 1 atom stereocenters. The summed E-state index contributed by atoms with van der Waals surface area (Å²) in [7, 11) is 0. The number of carbonyl (C=O) groups excluding carboxylic acids is 2. The number of rotatable bonds is 4. The molecule has 18 heavy (non-hydrogen) atoms. The maximum Gasteiger partial charge on any atom is 0.229 e. The summed E-state index contributed by atoms with van der Waals surface area (Å²) >= 11 is 0. The molecule has 1 fully saturated rings. The van der Waals surface area contributed by atoms with Gasteiger partial charge in [0.1, 0.15) is 0 Å². The molecule has 0 saturated carbocycles. The van der Waals surface area contributed by atoms with Crippen molar-refractivity contribution in [1.82, 2.24) is 4.90 Å². The van der Waals surface area contributed by atoms with Crippen molar-refractivity contribution in [1.29, 1.82) is 0 Å². The van der Waals surface area contributed by atoms with Crippen LogP contribution in [0, 0.1) is 5.92 Å². The van der Waals surface area contributed by atoms with Crippen LogP contribution in [-0.4, -0.2) is 29.8 Å². The van der Waals surface area contributed by atoms with Crippen molar-refractivity contribution < 1.29 is 9.59 Å². The summed E-state index contributed by atoms with van der Waals surface area (Å²) in [6, 6.07) is 9.34. The topological polar surface area (TPSA) is 49.4 Å². The lowest BCUT2D eigenvalue weighted by molar-refractivity contribution is -0.128. The number of hydrogen-bond acceptors (Lipinski definition) is 2. The van der Waals surface area contributed by atoms with Gasteiger partial charge in [0.15, 0.2) is 0 Å². The molecule has 0 bridgehead atoms. The first-order chi connectivity index (χ1) is 8.70. The summed E-state index contributed by atoms with van der Waals surface area (Å²) in [5, 5.41) is 2.85. The fourth-order valence-electron chi connectivity index (χ4n) is 2.20. The first kappa shape index (κ1) is 12.6. The predicted molar refractivity (Wildman–Crippen MR) is 70.0 cm³/mol. The van der Waals surface area contributed by atoms with E-state index in [-0.39, 0.29) is 17.7 Å². The summed E-state index contributed by atoms with van der Waals surface area (Å²) in [6.07, 6.45) is 1.26. The van der Waals surface area contributed by atoms with E-state index in [4.69, 9.17) is 0 Å². The van der Waals surface area contributed by atoms with Gasteiger partial charge < -0.3 is 10.2 Å². The second-order valence-corrected chi connectivity index (χ2v) is 4.60. The third-order valence-corrected chi connectivity index (χ3v) is 3.12. The van der Waals surface area contributed by atoms with Crippen molar-refractivity contribution in [3.63, 3.8) is 0 Å². The highest BCUT2D eigenvalue weighted by molar-refractivity contribution is 5.97. The number of nitrogens with one attached hydrogen (secondary N) is 1. The molecule has 0 aromatic heterocycles. The maximum absolute atomic E-state index is 12.0. The number of benzene rings is 1. The molecule has 1 heterocycles. The Kier molecular flexibility index (Phi) is 3.97. The van der Waals surface area contributed by atoms with Crippen LogP contribution in [0.5, 0.6) is 0 Å². The lowest BCUT2D eigenvalue weighted by atomic mass is 10.1. The average molecular weight is 246 g/mol. The molecule has 2 amide bonds. The zero-order valence-corrected chi connectivity index (χ0v) is 10.6. The Morgan fingerprint density at radius 2 is 2.11 bits per heavy atom. The molecule has 1 aromatic rings. The Labute approximate surface area is 107 Å². The number of anilines is 1. The predicted octanol–water partition coefficient (Wildman–Crippen LogP) is 1.88. The van der Waals surface area contributed by atoms with E-state index >= 15 is 0 Å². The van der Waals surface area contributed by atoms with Gasteiger partial charge in [0.05, 0.1) is 5.92 Å². The highest BCUT2D eigenvalue weighted by Crippen LogP contribution is 2.19. The Morgan fingerprint density at radius 1 is 1.39 bits per heavy atom. The normalized spacial score (nSPS) is 19.1. The Hall–Kier alpha value is -1.84. The summed E-state index contributed by atoms with van der Waals surface area (Å²) in [6.45, 7) is 3.32. The van der Waals surface area contributed by atoms with E-state index in [9.17, 15) is 9.59 Å². The fourth-order valence-corrected chi connectivity index (χ4v) is 2.20. The Morgan fingerprint density at radius 3 is 2.78 bits per heavy atom. The Balaban J connectivity index is 1.93. The van der Waals surface area contributed by atoms with Gasteiger partial charge >= 0.3 is 0 Å². The molecule has 1 aliphatic rings. The zero-order valence-electron chi connectivity index (χ0n) is 10.6. The molecule has 0 radical (unpaired) electrons. The standard InChI is InChI=1S/C14H18N2O2/c1-2-8-16-10-11(9-13(16)17)14(18)15-12-6-4-3-5-7-12/h3-7,11H,2,8-10H2,1H3,(H,15,18)/t11-/m1/s1. The maximum atomic E-state index is 12.0. The quantitative estimate of drug-likeness (QED) is 0.882. The lowest BCUT2D eigenvalue weighted by Crippen LogP contribution is -2.28. The molecular weight excluding hydrogens is 228 g/mol. The van der Waals surface area contributed by atoms with Crippen molar-refractivity contribution in [2.45, 2.75) is 19.8 Å². The molecule has 2 rings (SSSR count). The average Bonchev–Trinajstić information content (AvgIpc) is 2.73. The van der Waals surface area contributed by atoms with Crippen molar-refractivity contribution in [2.24, 2.45) is 5.92 Å². The molecule has 1 N–H and O–H groups in total. The molecular formula is C14H18N2O2. The summed E-state index contributed by atoms with van der Waals surface area (Å²) < 4.78 is 0. The molecule has 0 spiro atoms. The van der Waals surface area contributed by atoms with Crippen molar-refractivity contribution in [3.05, 3.63) is 30.3 Å². The number of para-hydroxylation sites is 1. The van der Waals surface area contributed by atoms with E-state index in [0.717, 1.165) is 18.7 Å². The molecule has 0 aliphatic carbocycles. The van der Waals surface area contributed by atoms with Gasteiger partial charge in [-0.25, -0.2) is 0 Å². The van der Waals surface area contributed by atoms with Crippen LogP contribution in [0.25, 0.3) is 0 Å². The third-order valence-electron chi connectivity index (χ3n) is 3.12. The first-order valence-electron chi connectivity index (χ1n) is 6.34. The van der Waals surface area contributed by atoms with E-state index in [1.807, 2.05) is 37.3 Å². The molecule has 1 saturated heterocycles. The number of likely N-dealkylation sites (tertiary alicyclic amines) is 1. The monoisotopic (exact) mass is 246 g/mol. The molecule has 96 valence electrons. The Bertz CT molecular complexity index is 431. The fraction of sp³-hybridized carbons (Fsp3) is 0.429. The molecule has 1 aliphatic heterocycles. The number of amides is 2. The second kappa shape index (κ2) is 5.67. The number of nitrogens with zero attached hydrogens (tertiary/aromatic N) is 1. The van der Waals surface area contributed by atoms with E-state index < -0.39 is 0 Å². The summed E-state index contributed by atoms with van der Waals surface area (Å²) in [5.74, 6) is -0.192. The van der Waals surface area contributed by atoms with Crippen LogP contribution in [0.2, 0.25) is 0 Å². The van der Waals surface area contributed by atoms with Crippen LogP contribution in [0.15, 0.2) is 30.3 Å². The van der Waals surface area contributed by atoms with E-state index in [2.05, 4.69) is 5.32 Å². The highest BCUT2D eigenvalue weighted by Gasteiger charge is 2.33. The summed E-state index contributed by atoms with van der Waals surface area (Å²) in [4.78, 5) is 25.5. The molecule has 1 aromatic carbocycles. The van der Waals surface area contributed by atoms with Crippen LogP contribution in [0.1, 0.15) is 19.8 Å². The molecule has 0 unspecified atom stereocenters. The van der Waals surface area contributed by atoms with Gasteiger partial charge in [-0.3, -0.25) is 9.59 Å². The van der Waals surface area contributed by atoms with Gasteiger partial charge in [0.2, 0.25) is 11.8 Å². The van der Waals surface area contributed by atoms with Gasteiger partial charge in [-0.2, -0.15) is 0 Å². The lowest BCUT2D eigenvalue weighted by Gasteiger charge is -2.15. The van der Waals surface area contributed by atoms with Crippen molar-refractivity contribution in [2.75, 3.05) is 18.4 Å². The van der Waals surface area contributed by atoms with Crippen LogP contribution in [-0.2, 0) is 9.59 Å². The zero-order chi connectivity index (χ0) is 13.0. The minimum absolute atomic E-state index is 0.0619. The van der Waals surface area contributed by atoms with Crippen LogP contribution in [0.4, 0.5) is 5.69 Å². The van der Waals surface area contributed by atoms with Gasteiger partial charge in [0, 0.05) is 25.2 Å². The van der Waals surface area contributed by atoms with Crippen molar-refractivity contribution >= 4 is 17.5 Å². The number of carbonyl (C=O) groups is 2. The number of hydrogen-bond donors (Lipinski definition) is 1. The van der Waals surface area contributed by atoms with E-state index in [1.165, 1.54) is 0 Å². The van der Waals surface area contributed by atoms with Gasteiger partial charge in [-0.05, 0) is 18.6 Å². The van der Waals surface area contributed by atoms with Gasteiger partial charge in [-0.1, -0.05) is 25.1 Å². The van der Waals surface area contributed by atoms with Crippen LogP contribution < -0.4 is 5.32 Å². The van der Waals surface area contributed by atoms with E-state index in [1.54, 1.807) is 4.90 Å². The molecule has 4 heteroatoms. The SMILES string of the molecule is CCCN1C[C@H](C(=O)Nc2ccccc2)CC1=O. The van der Waals surface area contributed by atoms with Gasteiger partial charge in [-0.15, -0.1) is 0 Å². The third kappa shape index (κ3) is 2.88. The largest absolute Gasteiger partial charge is 0.342 e. The summed E-state index contributed by atoms with van der Waals surface area (Å²) in [5.41, 5.74) is 0.781. The second-order valence-electron chi connectivity index (χ2n) is 4.60. The van der Waals surface area contributed by atoms with E-state index in [0.29, 0.717) is 13.0 Å². The minimum Gasteiger partial charge on any atom is -0.342 e. The van der Waals surface area contributed by atoms with Crippen molar-refractivity contribution in [3.8, 4) is 0 Å². The van der Waals surface area contributed by atoms with Crippen LogP contribution in [0.3, 0.4) is 0 Å². The van der Waals surface area contributed by atoms with Crippen LogP contribution >= 0.6 is 0 Å². The highest BCUT2D eigenvalue weighted by atomic mass is 16.2. The molecule has 4 nitrogen and oxygen atoms in total. The minimum atomic E-state index is -0.218. The first-order valence-corrected chi connectivity index (χ1v) is 6.34.